The van der Waals surface area contributed by atoms with Crippen LogP contribution in [0.3, 0.4) is 0 Å². The van der Waals surface area contributed by atoms with Gasteiger partial charge in [-0.1, -0.05) is 24.3 Å². The van der Waals surface area contributed by atoms with E-state index in [1.165, 1.54) is 11.3 Å². The highest BCUT2D eigenvalue weighted by Gasteiger charge is 2.49. The van der Waals surface area contributed by atoms with Crippen LogP contribution in [0, 0.1) is 17.8 Å². The first-order chi connectivity index (χ1) is 12.9. The van der Waals surface area contributed by atoms with Crippen molar-refractivity contribution in [2.75, 3.05) is 6.26 Å². The molecule has 0 aliphatic heterocycles. The molecule has 1 fully saturated rings. The third-order valence-corrected chi connectivity index (χ3v) is 9.09. The van der Waals surface area contributed by atoms with Crippen LogP contribution in [-0.4, -0.2) is 31.8 Å². The maximum Gasteiger partial charge on any atom is 0.308 e. The largest absolute Gasteiger partial charge is 0.481 e. The molecule has 2 bridgehead atoms. The van der Waals surface area contributed by atoms with Crippen molar-refractivity contribution in [3.05, 3.63) is 48.6 Å². The molecule has 1 aromatic heterocycles. The Kier molecular flexibility index (Phi) is 4.92. The summed E-state index contributed by atoms with van der Waals surface area (Å²) in [4.78, 5) is 13.6. The van der Waals surface area contributed by atoms with Crippen LogP contribution in [0.4, 0.5) is 0 Å². The first-order valence-electron chi connectivity index (χ1n) is 8.57. The number of fused-ring (bicyclic) bond motifs is 2. The van der Waals surface area contributed by atoms with E-state index in [9.17, 15) is 18.3 Å². The van der Waals surface area contributed by atoms with Gasteiger partial charge < -0.3 is 5.11 Å². The maximum absolute atomic E-state index is 12.9. The van der Waals surface area contributed by atoms with E-state index in [0.29, 0.717) is 6.42 Å². The number of thioether (sulfide) groups is 1. The van der Waals surface area contributed by atoms with Gasteiger partial charge in [-0.3, -0.25) is 4.79 Å². The van der Waals surface area contributed by atoms with E-state index >= 15 is 0 Å². The Morgan fingerprint density at radius 3 is 2.52 bits per heavy atom. The van der Waals surface area contributed by atoms with E-state index in [4.69, 9.17) is 0 Å². The second kappa shape index (κ2) is 7.09. The Labute approximate surface area is 166 Å². The molecular formula is C19H19NO4S3. The lowest BCUT2D eigenvalue weighted by Gasteiger charge is -2.25. The predicted molar refractivity (Wildman–Crippen MR) is 108 cm³/mol. The minimum absolute atomic E-state index is 0.0515. The molecule has 0 spiro atoms. The monoisotopic (exact) mass is 421 g/mol. The smallest absolute Gasteiger partial charge is 0.308 e. The van der Waals surface area contributed by atoms with Crippen molar-refractivity contribution >= 4 is 39.1 Å². The fourth-order valence-corrected chi connectivity index (χ4v) is 6.98. The number of thiophene rings is 1. The van der Waals surface area contributed by atoms with Crippen LogP contribution in [0.5, 0.6) is 0 Å². The van der Waals surface area contributed by atoms with Gasteiger partial charge in [-0.15, -0.1) is 23.1 Å². The van der Waals surface area contributed by atoms with Gasteiger partial charge in [0.25, 0.3) is 0 Å². The van der Waals surface area contributed by atoms with Crippen molar-refractivity contribution in [2.45, 2.75) is 21.6 Å². The van der Waals surface area contributed by atoms with Crippen LogP contribution in [0.1, 0.15) is 6.42 Å². The molecule has 0 radical (unpaired) electrons. The number of carboxylic acid groups (broad SMARTS) is 1. The summed E-state index contributed by atoms with van der Waals surface area (Å²) in [7, 11) is -3.77. The van der Waals surface area contributed by atoms with Crippen molar-refractivity contribution < 1.29 is 18.3 Å². The SMILES string of the molecule is CSc1ccc(-c2ccc(S(=O)(=O)NC3C4C=CC(C4)C3C(=O)O)s2)cc1. The van der Waals surface area contributed by atoms with Crippen molar-refractivity contribution in [1.29, 1.82) is 0 Å². The second-order valence-corrected chi connectivity index (χ2v) is 10.7. The quantitative estimate of drug-likeness (QED) is 0.549. The number of nitrogens with one attached hydrogen (secondary N) is 1. The Hall–Kier alpha value is -1.61. The highest BCUT2D eigenvalue weighted by atomic mass is 32.2. The number of carbonyl (C=O) groups is 1. The fraction of sp³-hybridized carbons (Fsp3) is 0.316. The lowest BCUT2D eigenvalue weighted by atomic mass is 9.90. The predicted octanol–water partition coefficient (Wildman–Crippen LogP) is 3.69. The molecule has 2 aliphatic carbocycles. The van der Waals surface area contributed by atoms with Crippen LogP contribution >= 0.6 is 23.1 Å². The summed E-state index contributed by atoms with van der Waals surface area (Å²) in [5.74, 6) is -1.79. The number of rotatable bonds is 6. The van der Waals surface area contributed by atoms with Gasteiger partial charge in [0.15, 0.2) is 0 Å². The van der Waals surface area contributed by atoms with Crippen LogP contribution in [0.2, 0.25) is 0 Å². The molecule has 2 aromatic rings. The molecule has 8 heteroatoms. The third-order valence-electron chi connectivity index (χ3n) is 5.26. The van der Waals surface area contributed by atoms with E-state index in [1.54, 1.807) is 23.9 Å². The molecule has 4 unspecified atom stereocenters. The summed E-state index contributed by atoms with van der Waals surface area (Å²) >= 11 is 2.85. The van der Waals surface area contributed by atoms with E-state index in [2.05, 4.69) is 4.72 Å². The zero-order valence-electron chi connectivity index (χ0n) is 14.5. The molecule has 5 nitrogen and oxygen atoms in total. The number of carboxylic acids is 1. The Morgan fingerprint density at radius 2 is 1.85 bits per heavy atom. The Bertz CT molecular complexity index is 994. The standard InChI is InChI=1S/C19H19NO4S3/c1-25-14-6-4-11(5-7-14)15-8-9-16(26-15)27(23,24)20-18-13-3-2-12(10-13)17(18)19(21)22/h2-9,12-13,17-18,20H,10H2,1H3,(H,21,22). The summed E-state index contributed by atoms with van der Waals surface area (Å²) < 4.78 is 28.6. The molecule has 1 aromatic carbocycles. The second-order valence-electron chi connectivity index (χ2n) is 6.81. The van der Waals surface area contributed by atoms with E-state index < -0.39 is 28.0 Å². The van der Waals surface area contributed by atoms with Gasteiger partial charge in [0.2, 0.25) is 10.0 Å². The highest BCUT2D eigenvalue weighted by molar-refractivity contribution is 7.98. The number of benzene rings is 1. The van der Waals surface area contributed by atoms with Gasteiger partial charge in [0, 0.05) is 15.8 Å². The lowest BCUT2D eigenvalue weighted by Crippen LogP contribution is -2.45. The zero-order valence-corrected chi connectivity index (χ0v) is 17.0. The summed E-state index contributed by atoms with van der Waals surface area (Å²) in [6, 6.07) is 10.8. The van der Waals surface area contributed by atoms with Crippen LogP contribution in [-0.2, 0) is 14.8 Å². The molecule has 1 heterocycles. The average molecular weight is 422 g/mol. The van der Waals surface area contributed by atoms with Crippen LogP contribution in [0.25, 0.3) is 10.4 Å². The molecule has 27 heavy (non-hydrogen) atoms. The highest BCUT2D eigenvalue weighted by Crippen LogP contribution is 2.44. The summed E-state index contributed by atoms with van der Waals surface area (Å²) in [6.45, 7) is 0. The maximum atomic E-state index is 12.9. The first-order valence-corrected chi connectivity index (χ1v) is 12.1. The number of sulfonamides is 1. The topological polar surface area (TPSA) is 83.5 Å². The van der Waals surface area contributed by atoms with E-state index in [0.717, 1.165) is 15.3 Å². The fourth-order valence-electron chi connectivity index (χ4n) is 3.93. The molecule has 0 saturated heterocycles. The van der Waals surface area contributed by atoms with Gasteiger partial charge in [0.1, 0.15) is 4.21 Å². The normalized spacial score (nSPS) is 26.6. The van der Waals surface area contributed by atoms with E-state index in [1.807, 2.05) is 42.7 Å². The van der Waals surface area contributed by atoms with Gasteiger partial charge in [-0.25, -0.2) is 13.1 Å². The summed E-state index contributed by atoms with van der Waals surface area (Å²) in [5, 5.41) is 9.50. The van der Waals surface area contributed by atoms with E-state index in [-0.39, 0.29) is 16.0 Å². The molecule has 4 rings (SSSR count). The Morgan fingerprint density at radius 1 is 1.15 bits per heavy atom. The van der Waals surface area contributed by atoms with Gasteiger partial charge in [0.05, 0.1) is 5.92 Å². The summed E-state index contributed by atoms with van der Waals surface area (Å²) in [6.07, 6.45) is 6.54. The summed E-state index contributed by atoms with van der Waals surface area (Å²) in [5.41, 5.74) is 0.963. The van der Waals surface area contributed by atoms with Gasteiger partial charge >= 0.3 is 5.97 Å². The van der Waals surface area contributed by atoms with Crippen molar-refractivity contribution in [1.82, 2.24) is 4.72 Å². The van der Waals surface area contributed by atoms with Crippen molar-refractivity contribution in [3.8, 4) is 10.4 Å². The van der Waals surface area contributed by atoms with Crippen molar-refractivity contribution in [2.24, 2.45) is 17.8 Å². The van der Waals surface area contributed by atoms with Crippen LogP contribution < -0.4 is 4.72 Å². The number of allylic oxidation sites excluding steroid dienone is 1. The minimum Gasteiger partial charge on any atom is -0.481 e. The molecular weight excluding hydrogens is 402 g/mol. The molecule has 1 saturated carbocycles. The molecule has 2 N–H and O–H groups in total. The third kappa shape index (κ3) is 3.47. The number of aliphatic carboxylic acids is 1. The number of hydrogen-bond acceptors (Lipinski definition) is 5. The lowest BCUT2D eigenvalue weighted by molar-refractivity contribution is -0.143. The minimum atomic E-state index is -3.77. The molecule has 4 atom stereocenters. The molecule has 0 amide bonds. The zero-order chi connectivity index (χ0) is 19.2. The first kappa shape index (κ1) is 18.7. The average Bonchev–Trinajstić information content (AvgIpc) is 3.37. The molecule has 142 valence electrons. The van der Waals surface area contributed by atoms with Gasteiger partial charge in [-0.05, 0) is 54.3 Å². The van der Waals surface area contributed by atoms with Crippen LogP contribution in [0.15, 0.2) is 57.7 Å². The van der Waals surface area contributed by atoms with Crippen molar-refractivity contribution in [3.63, 3.8) is 0 Å². The Balaban J connectivity index is 1.57. The van der Waals surface area contributed by atoms with Gasteiger partial charge in [-0.2, -0.15) is 0 Å². The number of hydrogen-bond donors (Lipinski definition) is 2. The molecule has 2 aliphatic rings.